The summed E-state index contributed by atoms with van der Waals surface area (Å²) in [6.45, 7) is 7.93. The maximum atomic E-state index is 11.8. The number of nitrogens with one attached hydrogen (secondary N) is 1. The van der Waals surface area contributed by atoms with E-state index >= 15 is 0 Å². The van der Waals surface area contributed by atoms with Crippen molar-refractivity contribution in [1.29, 1.82) is 0 Å². The summed E-state index contributed by atoms with van der Waals surface area (Å²) >= 11 is 0. The predicted molar refractivity (Wildman–Crippen MR) is 118 cm³/mol. The number of hydrogen-bond acceptors (Lipinski definition) is 6. The van der Waals surface area contributed by atoms with Gasteiger partial charge in [0, 0.05) is 6.54 Å². The number of rotatable bonds is 7. The lowest BCUT2D eigenvalue weighted by atomic mass is 9.78. The molecular formula is C23H30BNO6. The molecule has 166 valence electrons. The Balaban J connectivity index is 1.49. The Labute approximate surface area is 183 Å². The molecule has 0 radical (unpaired) electrons. The van der Waals surface area contributed by atoms with Gasteiger partial charge in [0.15, 0.2) is 0 Å². The Bertz CT molecular complexity index is 855. The van der Waals surface area contributed by atoms with E-state index in [0.29, 0.717) is 5.56 Å². The largest absolute Gasteiger partial charge is 0.494 e. The Morgan fingerprint density at radius 3 is 2.16 bits per heavy atom. The molecule has 2 aromatic carbocycles. The quantitative estimate of drug-likeness (QED) is 0.587. The first-order valence-corrected chi connectivity index (χ1v) is 10.4. The molecular weight excluding hydrogens is 397 g/mol. The number of carbonyl (C=O) groups excluding carboxylic acids is 1. The second kappa shape index (κ2) is 9.40. The normalized spacial score (nSPS) is 19.0. The van der Waals surface area contributed by atoms with Crippen LogP contribution < -0.4 is 10.8 Å². The van der Waals surface area contributed by atoms with Gasteiger partial charge in [-0.15, -0.1) is 0 Å². The molecule has 0 aliphatic carbocycles. The molecule has 2 atom stereocenters. The fourth-order valence-electron chi connectivity index (χ4n) is 3.13. The minimum absolute atomic E-state index is 0.131. The summed E-state index contributed by atoms with van der Waals surface area (Å²) in [4.78, 5) is 11.8. The summed E-state index contributed by atoms with van der Waals surface area (Å²) in [5.41, 5.74) is 1.33. The average molecular weight is 427 g/mol. The molecule has 3 rings (SSSR count). The summed E-state index contributed by atoms with van der Waals surface area (Å²) in [7, 11) is -0.498. The van der Waals surface area contributed by atoms with Crippen LogP contribution in [0.5, 0.6) is 0 Å². The molecule has 31 heavy (non-hydrogen) atoms. The van der Waals surface area contributed by atoms with Crippen LogP contribution in [0, 0.1) is 0 Å². The third-order valence-corrected chi connectivity index (χ3v) is 5.84. The molecule has 1 fully saturated rings. The number of hydrogen-bond donors (Lipinski definition) is 3. The van der Waals surface area contributed by atoms with Crippen molar-refractivity contribution in [3.05, 3.63) is 65.7 Å². The van der Waals surface area contributed by atoms with Gasteiger partial charge >= 0.3 is 13.2 Å². The Kier molecular flexibility index (Phi) is 7.06. The first-order valence-electron chi connectivity index (χ1n) is 10.4. The highest BCUT2D eigenvalue weighted by Gasteiger charge is 2.51. The van der Waals surface area contributed by atoms with E-state index < -0.39 is 36.6 Å². The van der Waals surface area contributed by atoms with Crippen LogP contribution in [0.1, 0.15) is 44.9 Å². The van der Waals surface area contributed by atoms with Crippen molar-refractivity contribution < 1.29 is 29.1 Å². The lowest BCUT2D eigenvalue weighted by Crippen LogP contribution is -2.41. The minimum atomic E-state index is -1.19. The number of benzene rings is 2. The number of aliphatic hydroxyl groups is 2. The number of carbonyl (C=O) groups is 1. The molecule has 1 heterocycles. The van der Waals surface area contributed by atoms with Crippen molar-refractivity contribution in [2.45, 2.75) is 57.7 Å². The second-order valence-electron chi connectivity index (χ2n) is 8.71. The Hall–Kier alpha value is -2.39. The number of ether oxygens (including phenoxy) is 1. The van der Waals surface area contributed by atoms with Crippen molar-refractivity contribution in [2.24, 2.45) is 0 Å². The van der Waals surface area contributed by atoms with Crippen molar-refractivity contribution >= 4 is 18.7 Å². The Morgan fingerprint density at radius 2 is 1.58 bits per heavy atom. The third-order valence-electron chi connectivity index (χ3n) is 5.84. The zero-order chi connectivity index (χ0) is 22.6. The van der Waals surface area contributed by atoms with Crippen LogP contribution in [0.25, 0.3) is 0 Å². The van der Waals surface area contributed by atoms with E-state index in [9.17, 15) is 15.0 Å². The van der Waals surface area contributed by atoms with E-state index in [0.717, 1.165) is 11.0 Å². The highest BCUT2D eigenvalue weighted by atomic mass is 16.7. The lowest BCUT2D eigenvalue weighted by molar-refractivity contribution is 0.00578. The molecule has 0 spiro atoms. The van der Waals surface area contributed by atoms with E-state index in [1.807, 2.05) is 58.0 Å². The van der Waals surface area contributed by atoms with E-state index in [1.54, 1.807) is 24.3 Å². The van der Waals surface area contributed by atoms with E-state index in [2.05, 4.69) is 5.32 Å². The SMILES string of the molecule is CC1(C)OB(c2ccc(C(O)C(O)CNC(=O)OCc3ccccc3)cc2)OC1(C)C. The first-order chi connectivity index (χ1) is 14.6. The van der Waals surface area contributed by atoms with Crippen LogP contribution in [0.2, 0.25) is 0 Å². The van der Waals surface area contributed by atoms with Gasteiger partial charge in [-0.05, 0) is 44.3 Å². The molecule has 3 N–H and O–H groups in total. The zero-order valence-electron chi connectivity index (χ0n) is 18.4. The van der Waals surface area contributed by atoms with Gasteiger partial charge in [0.05, 0.1) is 11.2 Å². The van der Waals surface area contributed by atoms with E-state index in [1.165, 1.54) is 0 Å². The van der Waals surface area contributed by atoms with Gasteiger partial charge in [0.25, 0.3) is 0 Å². The van der Waals surface area contributed by atoms with Crippen molar-refractivity contribution in [2.75, 3.05) is 6.54 Å². The monoisotopic (exact) mass is 427 g/mol. The van der Waals surface area contributed by atoms with Crippen molar-refractivity contribution in [3.8, 4) is 0 Å². The van der Waals surface area contributed by atoms with Gasteiger partial charge in [0.1, 0.15) is 18.8 Å². The van der Waals surface area contributed by atoms with Gasteiger partial charge in [-0.25, -0.2) is 4.79 Å². The zero-order valence-corrected chi connectivity index (χ0v) is 18.4. The predicted octanol–water partition coefficient (Wildman–Crippen LogP) is 2.31. The van der Waals surface area contributed by atoms with Crippen LogP contribution in [-0.4, -0.2) is 47.3 Å². The lowest BCUT2D eigenvalue weighted by Gasteiger charge is -2.32. The molecule has 7 nitrogen and oxygen atoms in total. The summed E-state index contributed by atoms with van der Waals surface area (Å²) < 4.78 is 17.1. The molecule has 2 unspecified atom stereocenters. The first kappa shape index (κ1) is 23.3. The van der Waals surface area contributed by atoms with Crippen LogP contribution in [-0.2, 0) is 20.7 Å². The summed E-state index contributed by atoms with van der Waals surface area (Å²) in [6, 6.07) is 16.3. The molecule has 1 aliphatic rings. The highest BCUT2D eigenvalue weighted by Crippen LogP contribution is 2.36. The molecule has 1 aliphatic heterocycles. The Morgan fingerprint density at radius 1 is 1.00 bits per heavy atom. The fraction of sp³-hybridized carbons (Fsp3) is 0.435. The molecule has 1 saturated heterocycles. The topological polar surface area (TPSA) is 97.2 Å². The van der Waals surface area contributed by atoms with Crippen LogP contribution in [0.4, 0.5) is 4.79 Å². The third kappa shape index (κ3) is 5.65. The van der Waals surface area contributed by atoms with Gasteiger partial charge in [-0.1, -0.05) is 54.6 Å². The van der Waals surface area contributed by atoms with Gasteiger partial charge in [0.2, 0.25) is 0 Å². The fourth-order valence-corrected chi connectivity index (χ4v) is 3.13. The highest BCUT2D eigenvalue weighted by molar-refractivity contribution is 6.62. The molecule has 0 bridgehead atoms. The van der Waals surface area contributed by atoms with Crippen LogP contribution in [0.3, 0.4) is 0 Å². The number of amides is 1. The van der Waals surface area contributed by atoms with Gasteiger partial charge in [-0.2, -0.15) is 0 Å². The van der Waals surface area contributed by atoms with Crippen LogP contribution in [0.15, 0.2) is 54.6 Å². The molecule has 8 heteroatoms. The number of alkyl carbamates (subject to hydrolysis) is 1. The maximum absolute atomic E-state index is 11.8. The summed E-state index contributed by atoms with van der Waals surface area (Å²) in [5, 5.41) is 23.1. The van der Waals surface area contributed by atoms with E-state index in [-0.39, 0.29) is 13.2 Å². The van der Waals surface area contributed by atoms with E-state index in [4.69, 9.17) is 14.0 Å². The molecule has 0 saturated carbocycles. The van der Waals surface area contributed by atoms with Crippen LogP contribution >= 0.6 is 0 Å². The van der Waals surface area contributed by atoms with Crippen molar-refractivity contribution in [3.63, 3.8) is 0 Å². The van der Waals surface area contributed by atoms with Gasteiger partial charge < -0.3 is 29.6 Å². The summed E-state index contributed by atoms with van der Waals surface area (Å²) in [6.07, 6.45) is -3.01. The molecule has 1 amide bonds. The number of aliphatic hydroxyl groups excluding tert-OH is 2. The molecule has 0 aromatic heterocycles. The standard InChI is InChI=1S/C23H30BNO6/c1-22(2)23(3,4)31-24(30-22)18-12-10-17(11-13-18)20(27)19(26)14-25-21(28)29-15-16-8-6-5-7-9-16/h5-13,19-20,26-27H,14-15H2,1-4H3,(H,25,28). The second-order valence-corrected chi connectivity index (χ2v) is 8.71. The minimum Gasteiger partial charge on any atom is -0.445 e. The summed E-state index contributed by atoms with van der Waals surface area (Å²) in [5.74, 6) is 0. The average Bonchev–Trinajstić information content (AvgIpc) is 2.97. The smallest absolute Gasteiger partial charge is 0.445 e. The maximum Gasteiger partial charge on any atom is 0.494 e. The van der Waals surface area contributed by atoms with Crippen molar-refractivity contribution in [1.82, 2.24) is 5.32 Å². The van der Waals surface area contributed by atoms with Gasteiger partial charge in [-0.3, -0.25) is 0 Å². The molecule has 2 aromatic rings.